The van der Waals surface area contributed by atoms with Crippen molar-refractivity contribution in [1.29, 1.82) is 0 Å². The molecule has 0 aliphatic rings. The van der Waals surface area contributed by atoms with Crippen LogP contribution in [0.3, 0.4) is 0 Å². The highest BCUT2D eigenvalue weighted by Gasteiger charge is 2.16. The highest BCUT2D eigenvalue weighted by molar-refractivity contribution is 5.10. The van der Waals surface area contributed by atoms with E-state index in [1.165, 1.54) is 0 Å². The van der Waals surface area contributed by atoms with Gasteiger partial charge in [-0.3, -0.25) is 0 Å². The van der Waals surface area contributed by atoms with E-state index in [0.717, 1.165) is 11.5 Å². The van der Waals surface area contributed by atoms with Gasteiger partial charge in [0.25, 0.3) is 0 Å². The fourth-order valence-electron chi connectivity index (χ4n) is 0.978. The van der Waals surface area contributed by atoms with Crippen LogP contribution in [0.15, 0.2) is 10.6 Å². The van der Waals surface area contributed by atoms with Crippen molar-refractivity contribution >= 4 is 0 Å². The summed E-state index contributed by atoms with van der Waals surface area (Å²) in [7, 11) is 0. The first-order valence-corrected chi connectivity index (χ1v) is 3.94. The molecule has 1 heterocycles. The molecule has 0 saturated heterocycles. The van der Waals surface area contributed by atoms with E-state index < -0.39 is 0 Å². The van der Waals surface area contributed by atoms with Gasteiger partial charge in [0.1, 0.15) is 5.76 Å². The predicted octanol–water partition coefficient (Wildman–Crippen LogP) is 0.406. The summed E-state index contributed by atoms with van der Waals surface area (Å²) >= 11 is 0. The Labute approximate surface area is 71.4 Å². The number of nitrogens with two attached hydrogens (primary N) is 1. The maximum atomic E-state index is 8.79. The molecule has 2 unspecified atom stereocenters. The number of hydrogen-bond acceptors (Lipinski definition) is 4. The molecule has 0 aromatic carbocycles. The summed E-state index contributed by atoms with van der Waals surface area (Å²) in [6, 6.07) is 1.56. The van der Waals surface area contributed by atoms with E-state index in [9.17, 15) is 0 Å². The molecular weight excluding hydrogens is 156 g/mol. The molecule has 0 fully saturated rings. The van der Waals surface area contributed by atoms with Crippen LogP contribution in [0.2, 0.25) is 0 Å². The van der Waals surface area contributed by atoms with E-state index in [2.05, 4.69) is 5.16 Å². The zero-order valence-electron chi connectivity index (χ0n) is 7.32. The number of aryl methyl sites for hydroxylation is 1. The molecule has 0 spiro atoms. The van der Waals surface area contributed by atoms with Gasteiger partial charge in [-0.1, -0.05) is 12.1 Å². The monoisotopic (exact) mass is 170 g/mol. The number of rotatable bonds is 3. The van der Waals surface area contributed by atoms with E-state index in [4.69, 9.17) is 15.4 Å². The summed E-state index contributed by atoms with van der Waals surface area (Å²) in [5, 5.41) is 12.6. The highest BCUT2D eigenvalue weighted by Crippen LogP contribution is 2.16. The number of aliphatic hydroxyl groups is 1. The molecule has 1 rings (SSSR count). The van der Waals surface area contributed by atoms with Crippen LogP contribution in [-0.4, -0.2) is 22.9 Å². The Kier molecular flexibility index (Phi) is 2.83. The van der Waals surface area contributed by atoms with Gasteiger partial charge in [0.15, 0.2) is 0 Å². The lowest BCUT2D eigenvalue weighted by molar-refractivity contribution is 0.249. The lowest BCUT2D eigenvalue weighted by atomic mass is 10.00. The zero-order valence-corrected chi connectivity index (χ0v) is 7.32. The molecule has 0 amide bonds. The Bertz CT molecular complexity index is 247. The summed E-state index contributed by atoms with van der Waals surface area (Å²) in [5.41, 5.74) is 6.43. The predicted molar refractivity (Wildman–Crippen MR) is 44.7 cm³/mol. The third kappa shape index (κ3) is 1.84. The van der Waals surface area contributed by atoms with Gasteiger partial charge < -0.3 is 15.4 Å². The molecule has 4 heteroatoms. The van der Waals surface area contributed by atoms with Gasteiger partial charge in [0, 0.05) is 18.0 Å². The molecule has 1 aromatic rings. The minimum Gasteiger partial charge on any atom is -0.395 e. The molecule has 12 heavy (non-hydrogen) atoms. The second-order valence-electron chi connectivity index (χ2n) is 3.00. The lowest BCUT2D eigenvalue weighted by Crippen LogP contribution is -2.30. The zero-order chi connectivity index (χ0) is 9.14. The number of aromatic nitrogens is 1. The highest BCUT2D eigenvalue weighted by atomic mass is 16.5. The maximum absolute atomic E-state index is 8.79. The van der Waals surface area contributed by atoms with Crippen molar-refractivity contribution < 1.29 is 9.63 Å². The molecule has 68 valence electrons. The summed E-state index contributed by atoms with van der Waals surface area (Å²) in [5.74, 6) is 0.800. The lowest BCUT2D eigenvalue weighted by Gasteiger charge is -2.13. The number of hydrogen-bond donors (Lipinski definition) is 2. The summed E-state index contributed by atoms with van der Waals surface area (Å²) < 4.78 is 4.89. The van der Waals surface area contributed by atoms with Crippen molar-refractivity contribution in [3.63, 3.8) is 0 Å². The molecule has 0 radical (unpaired) electrons. The number of nitrogens with zero attached hydrogens (tertiary/aromatic N) is 1. The minimum absolute atomic E-state index is 0.0346. The van der Waals surface area contributed by atoms with Gasteiger partial charge in [0.2, 0.25) is 0 Å². The first kappa shape index (κ1) is 9.22. The van der Waals surface area contributed by atoms with E-state index in [1.54, 1.807) is 0 Å². The Morgan fingerprint density at radius 3 is 2.83 bits per heavy atom. The fraction of sp³-hybridized carbons (Fsp3) is 0.625. The van der Waals surface area contributed by atoms with Crippen LogP contribution in [0, 0.1) is 6.92 Å². The van der Waals surface area contributed by atoms with Crippen molar-refractivity contribution in [3.8, 4) is 0 Å². The van der Waals surface area contributed by atoms with Gasteiger partial charge in [0.05, 0.1) is 12.3 Å². The van der Waals surface area contributed by atoms with Gasteiger partial charge in [-0.05, 0) is 6.92 Å². The largest absolute Gasteiger partial charge is 0.395 e. The van der Waals surface area contributed by atoms with Crippen LogP contribution in [0.4, 0.5) is 0 Å². The average molecular weight is 170 g/mol. The van der Waals surface area contributed by atoms with Gasteiger partial charge in [-0.2, -0.15) is 0 Å². The van der Waals surface area contributed by atoms with Crippen molar-refractivity contribution in [2.24, 2.45) is 5.73 Å². The third-order valence-electron chi connectivity index (χ3n) is 1.97. The Balaban J connectivity index is 2.70. The van der Waals surface area contributed by atoms with E-state index >= 15 is 0 Å². The Morgan fingerprint density at radius 1 is 1.75 bits per heavy atom. The second kappa shape index (κ2) is 3.69. The standard InChI is InChI=1S/C8H14N2O2/c1-5-3-8(10-12-5)6(2)7(9)4-11/h3,6-7,11H,4,9H2,1-2H3. The van der Waals surface area contributed by atoms with Gasteiger partial charge in [-0.15, -0.1) is 0 Å². The van der Waals surface area contributed by atoms with E-state index in [-0.39, 0.29) is 18.6 Å². The normalized spacial score (nSPS) is 16.0. The van der Waals surface area contributed by atoms with Crippen LogP contribution in [0.25, 0.3) is 0 Å². The van der Waals surface area contributed by atoms with E-state index in [1.807, 2.05) is 19.9 Å². The van der Waals surface area contributed by atoms with Gasteiger partial charge >= 0.3 is 0 Å². The smallest absolute Gasteiger partial charge is 0.133 e. The summed E-state index contributed by atoms with van der Waals surface area (Å²) in [6.07, 6.45) is 0. The van der Waals surface area contributed by atoms with Gasteiger partial charge in [-0.25, -0.2) is 0 Å². The summed E-state index contributed by atoms with van der Waals surface area (Å²) in [6.45, 7) is 3.71. The molecule has 0 saturated carbocycles. The van der Waals surface area contributed by atoms with Crippen LogP contribution in [-0.2, 0) is 0 Å². The second-order valence-corrected chi connectivity index (χ2v) is 3.00. The number of aliphatic hydroxyl groups excluding tert-OH is 1. The molecule has 0 bridgehead atoms. The Morgan fingerprint density at radius 2 is 2.42 bits per heavy atom. The third-order valence-corrected chi connectivity index (χ3v) is 1.97. The summed E-state index contributed by atoms with van der Waals surface area (Å²) in [4.78, 5) is 0. The van der Waals surface area contributed by atoms with Crippen LogP contribution in [0.5, 0.6) is 0 Å². The topological polar surface area (TPSA) is 72.3 Å². The Hall–Kier alpha value is -0.870. The minimum atomic E-state index is -0.269. The van der Waals surface area contributed by atoms with Crippen molar-refractivity contribution in [3.05, 3.63) is 17.5 Å². The molecule has 1 aromatic heterocycles. The first-order chi connectivity index (χ1) is 5.65. The SMILES string of the molecule is Cc1cc(C(C)C(N)CO)no1. The fourth-order valence-corrected chi connectivity index (χ4v) is 0.978. The molecule has 2 atom stereocenters. The average Bonchev–Trinajstić information content (AvgIpc) is 2.49. The van der Waals surface area contributed by atoms with Crippen LogP contribution < -0.4 is 5.73 Å². The van der Waals surface area contributed by atoms with Crippen LogP contribution in [0.1, 0.15) is 24.3 Å². The quantitative estimate of drug-likeness (QED) is 0.689. The molecular formula is C8H14N2O2. The van der Waals surface area contributed by atoms with Crippen molar-refractivity contribution in [2.75, 3.05) is 6.61 Å². The maximum Gasteiger partial charge on any atom is 0.133 e. The van der Waals surface area contributed by atoms with Crippen molar-refractivity contribution in [2.45, 2.75) is 25.8 Å². The van der Waals surface area contributed by atoms with Crippen LogP contribution >= 0.6 is 0 Å². The van der Waals surface area contributed by atoms with Crippen molar-refractivity contribution in [1.82, 2.24) is 5.16 Å². The molecule has 0 aliphatic carbocycles. The molecule has 4 nitrogen and oxygen atoms in total. The molecule has 3 N–H and O–H groups in total. The molecule has 0 aliphatic heterocycles. The van der Waals surface area contributed by atoms with E-state index in [0.29, 0.717) is 0 Å². The first-order valence-electron chi connectivity index (χ1n) is 3.94.